The van der Waals surface area contributed by atoms with Gasteiger partial charge in [0.25, 0.3) is 0 Å². The molecule has 0 aliphatic rings. The second-order valence-corrected chi connectivity index (χ2v) is 3.92. The topological polar surface area (TPSA) is 40.5 Å². The maximum absolute atomic E-state index is 8.73. The van der Waals surface area contributed by atoms with Crippen LogP contribution in [0.1, 0.15) is 0 Å². The van der Waals surface area contributed by atoms with Crippen molar-refractivity contribution < 1.29 is 8.19 Å². The molecule has 0 aliphatic heterocycles. The third-order valence-electron chi connectivity index (χ3n) is 0.987. The molecule has 1 aromatic rings. The van der Waals surface area contributed by atoms with E-state index < -0.39 is 15.3 Å². The average Bonchev–Trinajstić information content (AvgIpc) is 1.90. The van der Waals surface area contributed by atoms with Crippen LogP contribution < -0.4 is 4.35 Å². The van der Waals surface area contributed by atoms with E-state index in [1.165, 1.54) is 0 Å². The molecule has 0 fully saturated rings. The first-order valence-electron chi connectivity index (χ1n) is 2.53. The van der Waals surface area contributed by atoms with E-state index in [2.05, 4.69) is 0 Å². The van der Waals surface area contributed by atoms with E-state index in [9.17, 15) is 0 Å². The van der Waals surface area contributed by atoms with E-state index in [0.717, 1.165) is 0 Å². The summed E-state index contributed by atoms with van der Waals surface area (Å²) < 4.78 is 18.1. The molecule has 0 radical (unpaired) electrons. The zero-order chi connectivity index (χ0) is 6.69. The van der Waals surface area contributed by atoms with Crippen LogP contribution in [0, 0.1) is 0 Å². The van der Waals surface area contributed by atoms with Crippen molar-refractivity contribution in [2.45, 2.75) is 0 Å². The predicted octanol–water partition coefficient (Wildman–Crippen LogP) is -0.634. The summed E-state index contributed by atoms with van der Waals surface area (Å²) in [5, 5.41) is 0. The number of rotatable bonds is 1. The van der Waals surface area contributed by atoms with Crippen LogP contribution in [0.3, 0.4) is 0 Å². The minimum absolute atomic E-state index is 0.671. The molecule has 2 N–H and O–H groups in total. The van der Waals surface area contributed by atoms with Gasteiger partial charge in [0, 0.05) is 0 Å². The van der Waals surface area contributed by atoms with Crippen molar-refractivity contribution in [3.05, 3.63) is 30.3 Å². The SMILES string of the molecule is O[As](O)c1ccccc1. The molecule has 0 bridgehead atoms. The molecule has 0 unspecified atom stereocenters. The van der Waals surface area contributed by atoms with Crippen LogP contribution in [0.25, 0.3) is 0 Å². The summed E-state index contributed by atoms with van der Waals surface area (Å²) in [6, 6.07) is 8.88. The summed E-state index contributed by atoms with van der Waals surface area (Å²) in [4.78, 5) is 0. The minimum atomic E-state index is -2.59. The first-order chi connectivity index (χ1) is 4.30. The van der Waals surface area contributed by atoms with Crippen molar-refractivity contribution in [2.24, 2.45) is 0 Å². The standard InChI is InChI=1S/C6H7AsO2/c8-7(9)6-4-2-1-3-5-6/h1-5,8-9H. The van der Waals surface area contributed by atoms with Crippen LogP contribution in [0.2, 0.25) is 0 Å². The van der Waals surface area contributed by atoms with Gasteiger partial charge < -0.3 is 0 Å². The molecule has 0 saturated carbocycles. The van der Waals surface area contributed by atoms with E-state index >= 15 is 0 Å². The molecule has 1 aromatic carbocycles. The number of benzene rings is 1. The fourth-order valence-electron chi connectivity index (χ4n) is 0.561. The molecule has 0 aliphatic carbocycles. The number of hydrogen-bond donors (Lipinski definition) is 2. The van der Waals surface area contributed by atoms with Crippen molar-refractivity contribution in [1.29, 1.82) is 0 Å². The summed E-state index contributed by atoms with van der Waals surface area (Å²) in [6.07, 6.45) is 0. The Kier molecular flexibility index (Phi) is 2.28. The third-order valence-corrected chi connectivity index (χ3v) is 2.58. The van der Waals surface area contributed by atoms with E-state index in [-0.39, 0.29) is 0 Å². The second kappa shape index (κ2) is 3.02. The van der Waals surface area contributed by atoms with Gasteiger partial charge in [-0.05, 0) is 0 Å². The van der Waals surface area contributed by atoms with Gasteiger partial charge in [-0.1, -0.05) is 0 Å². The summed E-state index contributed by atoms with van der Waals surface area (Å²) in [5.41, 5.74) is 0. The monoisotopic (exact) mass is 186 g/mol. The van der Waals surface area contributed by atoms with Gasteiger partial charge in [-0.25, -0.2) is 0 Å². The number of hydrogen-bond acceptors (Lipinski definition) is 2. The Hall–Kier alpha value is -0.302. The zero-order valence-electron chi connectivity index (χ0n) is 4.73. The molecule has 0 aromatic heterocycles. The Morgan fingerprint density at radius 2 is 1.56 bits per heavy atom. The molecule has 3 heteroatoms. The van der Waals surface area contributed by atoms with E-state index in [0.29, 0.717) is 4.35 Å². The van der Waals surface area contributed by atoms with Crippen LogP contribution >= 0.6 is 0 Å². The summed E-state index contributed by atoms with van der Waals surface area (Å²) in [5.74, 6) is 0. The average molecular weight is 186 g/mol. The van der Waals surface area contributed by atoms with Crippen molar-refractivity contribution in [3.63, 3.8) is 0 Å². The Bertz CT molecular complexity index is 174. The Morgan fingerprint density at radius 1 is 1.00 bits per heavy atom. The van der Waals surface area contributed by atoms with E-state index in [1.54, 1.807) is 24.3 Å². The molecule has 1 rings (SSSR count). The summed E-state index contributed by atoms with van der Waals surface area (Å²) in [6.45, 7) is 0. The Balaban J connectivity index is 2.85. The Morgan fingerprint density at radius 3 is 1.89 bits per heavy atom. The molecule has 0 amide bonds. The molecular weight excluding hydrogens is 179 g/mol. The summed E-state index contributed by atoms with van der Waals surface area (Å²) >= 11 is -2.59. The van der Waals surface area contributed by atoms with Gasteiger partial charge in [-0.15, -0.1) is 0 Å². The normalized spacial score (nSPS) is 10.1. The first kappa shape index (κ1) is 6.81. The van der Waals surface area contributed by atoms with Crippen molar-refractivity contribution in [2.75, 3.05) is 0 Å². The van der Waals surface area contributed by atoms with Gasteiger partial charge in [0.05, 0.1) is 0 Å². The Labute approximate surface area is 58.7 Å². The van der Waals surface area contributed by atoms with Gasteiger partial charge in [-0.3, -0.25) is 0 Å². The molecule has 0 atom stereocenters. The first-order valence-corrected chi connectivity index (χ1v) is 5.15. The molecular formula is C6H7AsO2. The third kappa shape index (κ3) is 1.83. The quantitative estimate of drug-likeness (QED) is 0.573. The fourth-order valence-corrected chi connectivity index (χ4v) is 1.48. The van der Waals surface area contributed by atoms with Crippen LogP contribution in [-0.2, 0) is 0 Å². The summed E-state index contributed by atoms with van der Waals surface area (Å²) in [7, 11) is 0. The predicted molar refractivity (Wildman–Crippen MR) is 36.3 cm³/mol. The van der Waals surface area contributed by atoms with E-state index in [1.807, 2.05) is 6.07 Å². The van der Waals surface area contributed by atoms with E-state index in [4.69, 9.17) is 8.19 Å². The van der Waals surface area contributed by atoms with Gasteiger partial charge in [0.1, 0.15) is 0 Å². The van der Waals surface area contributed by atoms with Gasteiger partial charge in [0.2, 0.25) is 0 Å². The van der Waals surface area contributed by atoms with Gasteiger partial charge >= 0.3 is 58.2 Å². The van der Waals surface area contributed by atoms with Gasteiger partial charge in [-0.2, -0.15) is 0 Å². The fraction of sp³-hybridized carbons (Fsp3) is 0. The van der Waals surface area contributed by atoms with Crippen molar-refractivity contribution >= 4 is 19.7 Å². The molecule has 2 nitrogen and oxygen atoms in total. The van der Waals surface area contributed by atoms with Crippen molar-refractivity contribution in [1.82, 2.24) is 0 Å². The van der Waals surface area contributed by atoms with Crippen LogP contribution in [0.4, 0.5) is 0 Å². The molecule has 0 heterocycles. The second-order valence-electron chi connectivity index (χ2n) is 1.62. The molecule has 0 spiro atoms. The van der Waals surface area contributed by atoms with Crippen LogP contribution in [0.5, 0.6) is 0 Å². The van der Waals surface area contributed by atoms with Crippen molar-refractivity contribution in [3.8, 4) is 0 Å². The molecule has 48 valence electrons. The van der Waals surface area contributed by atoms with Gasteiger partial charge in [0.15, 0.2) is 0 Å². The molecule has 0 saturated heterocycles. The van der Waals surface area contributed by atoms with Crippen LogP contribution in [0.15, 0.2) is 30.3 Å². The van der Waals surface area contributed by atoms with Crippen LogP contribution in [-0.4, -0.2) is 23.5 Å². The maximum atomic E-state index is 8.73. The molecule has 9 heavy (non-hydrogen) atoms. The zero-order valence-corrected chi connectivity index (χ0v) is 6.60.